The summed E-state index contributed by atoms with van der Waals surface area (Å²) in [7, 11) is 0. The van der Waals surface area contributed by atoms with E-state index in [0.717, 1.165) is 45.0 Å². The van der Waals surface area contributed by atoms with Crippen molar-refractivity contribution in [3.05, 3.63) is 46.5 Å². The molecule has 8 heteroatoms. The Hall–Kier alpha value is -2.71. The molecule has 3 aromatic rings. The monoisotopic (exact) mass is 449 g/mol. The lowest BCUT2D eigenvalue weighted by atomic mass is 10.1. The molecule has 7 nitrogen and oxygen atoms in total. The third-order valence-corrected chi connectivity index (χ3v) is 7.81. The second-order valence-electron chi connectivity index (χ2n) is 8.84. The van der Waals surface area contributed by atoms with Gasteiger partial charge in [0, 0.05) is 48.4 Å². The lowest BCUT2D eigenvalue weighted by Gasteiger charge is -2.31. The first kappa shape index (κ1) is 19.9. The van der Waals surface area contributed by atoms with Crippen LogP contribution in [-0.4, -0.2) is 55.3 Å². The van der Waals surface area contributed by atoms with Crippen molar-refractivity contribution in [2.45, 2.75) is 25.8 Å². The van der Waals surface area contributed by atoms with Crippen LogP contribution in [0.1, 0.15) is 33.8 Å². The van der Waals surface area contributed by atoms with Crippen LogP contribution in [0.2, 0.25) is 0 Å². The van der Waals surface area contributed by atoms with Gasteiger partial charge in [-0.2, -0.15) is 4.98 Å². The summed E-state index contributed by atoms with van der Waals surface area (Å²) in [4.78, 5) is 28.4. The molecule has 0 unspecified atom stereocenters. The molecule has 4 heterocycles. The Morgan fingerprint density at radius 1 is 1.12 bits per heavy atom. The highest BCUT2D eigenvalue weighted by molar-refractivity contribution is 7.19. The highest BCUT2D eigenvalue weighted by atomic mass is 32.1. The first-order chi connectivity index (χ1) is 15.7. The summed E-state index contributed by atoms with van der Waals surface area (Å²) in [6.07, 6.45) is 3.39. The number of carbonyl (C=O) groups is 1. The van der Waals surface area contributed by atoms with Crippen LogP contribution in [0.3, 0.4) is 0 Å². The lowest BCUT2D eigenvalue weighted by molar-refractivity contribution is 0.0946. The number of carbonyl (C=O) groups excluding carboxylic acids is 1. The van der Waals surface area contributed by atoms with E-state index >= 15 is 0 Å². The van der Waals surface area contributed by atoms with Crippen LogP contribution >= 0.6 is 11.3 Å². The number of amides is 1. The van der Waals surface area contributed by atoms with E-state index in [1.807, 2.05) is 17.4 Å². The summed E-state index contributed by atoms with van der Waals surface area (Å²) in [6, 6.07) is 10.4. The minimum Gasteiger partial charge on any atom is -0.378 e. The number of nitrogens with zero attached hydrogens (tertiary/aromatic N) is 4. The van der Waals surface area contributed by atoms with Crippen molar-refractivity contribution in [3.63, 3.8) is 0 Å². The van der Waals surface area contributed by atoms with E-state index in [0.29, 0.717) is 30.8 Å². The van der Waals surface area contributed by atoms with Gasteiger partial charge >= 0.3 is 0 Å². The van der Waals surface area contributed by atoms with Gasteiger partial charge in [-0.25, -0.2) is 4.98 Å². The topological polar surface area (TPSA) is 70.6 Å². The van der Waals surface area contributed by atoms with Crippen molar-refractivity contribution < 1.29 is 9.53 Å². The van der Waals surface area contributed by atoms with Gasteiger partial charge in [-0.15, -0.1) is 11.3 Å². The Kier molecular flexibility index (Phi) is 5.19. The zero-order valence-corrected chi connectivity index (χ0v) is 18.9. The number of anilines is 2. The first-order valence-electron chi connectivity index (χ1n) is 11.5. The quantitative estimate of drug-likeness (QED) is 0.645. The SMILES string of the molecule is O=C(NCC1CC1)c1cc(N2CCOCC2)nc(N2CCc3sc4ccccc4c3C2)n1. The number of hydrogen-bond acceptors (Lipinski definition) is 7. The van der Waals surface area contributed by atoms with Crippen LogP contribution in [0.25, 0.3) is 10.1 Å². The molecule has 166 valence electrons. The van der Waals surface area contributed by atoms with E-state index in [1.54, 1.807) is 0 Å². The molecule has 1 amide bonds. The number of aromatic nitrogens is 2. The number of morpholine rings is 1. The molecule has 2 aliphatic heterocycles. The molecule has 2 aromatic heterocycles. The van der Waals surface area contributed by atoms with Crippen LogP contribution in [0.5, 0.6) is 0 Å². The largest absolute Gasteiger partial charge is 0.378 e. The molecule has 3 aliphatic rings. The fraction of sp³-hybridized carbons (Fsp3) is 0.458. The summed E-state index contributed by atoms with van der Waals surface area (Å²) in [6.45, 7) is 5.27. The molecule has 0 spiro atoms. The van der Waals surface area contributed by atoms with Crippen molar-refractivity contribution in [2.75, 3.05) is 49.2 Å². The summed E-state index contributed by atoms with van der Waals surface area (Å²) < 4.78 is 6.85. The standard InChI is InChI=1S/C24H27N5O2S/c30-23(25-14-16-5-6-16)19-13-22(28-9-11-31-12-10-28)27-24(26-19)29-8-7-21-18(15-29)17-3-1-2-4-20(17)32-21/h1-4,13,16H,5-12,14-15H2,(H,25,30). The van der Waals surface area contributed by atoms with Gasteiger partial charge in [-0.1, -0.05) is 18.2 Å². The van der Waals surface area contributed by atoms with E-state index in [4.69, 9.17) is 14.7 Å². The third-order valence-electron chi connectivity index (χ3n) is 6.54. The molecule has 1 saturated heterocycles. The van der Waals surface area contributed by atoms with E-state index in [2.05, 4.69) is 39.4 Å². The predicted octanol–water partition coefficient (Wildman–Crippen LogP) is 3.23. The smallest absolute Gasteiger partial charge is 0.270 e. The van der Waals surface area contributed by atoms with Gasteiger partial charge in [0.15, 0.2) is 0 Å². The number of rotatable bonds is 5. The van der Waals surface area contributed by atoms with Crippen molar-refractivity contribution in [2.24, 2.45) is 5.92 Å². The first-order valence-corrected chi connectivity index (χ1v) is 12.3. The minimum absolute atomic E-state index is 0.103. The van der Waals surface area contributed by atoms with Gasteiger partial charge in [-0.3, -0.25) is 4.79 Å². The van der Waals surface area contributed by atoms with Crippen LogP contribution < -0.4 is 15.1 Å². The summed E-state index contributed by atoms with van der Waals surface area (Å²) in [5.74, 6) is 1.99. The molecule has 0 atom stereocenters. The van der Waals surface area contributed by atoms with Gasteiger partial charge < -0.3 is 19.9 Å². The van der Waals surface area contributed by atoms with Crippen LogP contribution in [-0.2, 0) is 17.7 Å². The normalized spacial score (nSPS) is 18.6. The number of benzene rings is 1. The molecular formula is C24H27N5O2S. The molecule has 1 N–H and O–H groups in total. The zero-order chi connectivity index (χ0) is 21.5. The molecule has 0 radical (unpaired) electrons. The molecule has 1 saturated carbocycles. The number of thiophene rings is 1. The fourth-order valence-electron chi connectivity index (χ4n) is 4.49. The van der Waals surface area contributed by atoms with Crippen LogP contribution in [0.15, 0.2) is 30.3 Å². The average Bonchev–Trinajstić information content (AvgIpc) is 3.61. The maximum Gasteiger partial charge on any atom is 0.270 e. The Morgan fingerprint density at radius 2 is 1.97 bits per heavy atom. The second-order valence-corrected chi connectivity index (χ2v) is 9.97. The van der Waals surface area contributed by atoms with Gasteiger partial charge in [0.2, 0.25) is 5.95 Å². The fourth-order valence-corrected chi connectivity index (χ4v) is 5.69. The Balaban J connectivity index is 1.32. The molecule has 32 heavy (non-hydrogen) atoms. The zero-order valence-electron chi connectivity index (χ0n) is 18.0. The van der Waals surface area contributed by atoms with Crippen molar-refractivity contribution in [1.29, 1.82) is 0 Å². The summed E-state index contributed by atoms with van der Waals surface area (Å²) in [5.41, 5.74) is 1.83. The van der Waals surface area contributed by atoms with Crippen molar-refractivity contribution in [3.8, 4) is 0 Å². The molecule has 1 aromatic carbocycles. The van der Waals surface area contributed by atoms with E-state index < -0.39 is 0 Å². The van der Waals surface area contributed by atoms with E-state index in [-0.39, 0.29) is 5.91 Å². The number of fused-ring (bicyclic) bond motifs is 3. The average molecular weight is 450 g/mol. The van der Waals surface area contributed by atoms with Crippen molar-refractivity contribution in [1.82, 2.24) is 15.3 Å². The third kappa shape index (κ3) is 3.93. The molecule has 2 fully saturated rings. The van der Waals surface area contributed by atoms with Crippen LogP contribution in [0, 0.1) is 5.92 Å². The summed E-state index contributed by atoms with van der Waals surface area (Å²) >= 11 is 1.89. The van der Waals surface area contributed by atoms with Gasteiger partial charge in [-0.05, 0) is 42.2 Å². The van der Waals surface area contributed by atoms with Crippen LogP contribution in [0.4, 0.5) is 11.8 Å². The Morgan fingerprint density at radius 3 is 2.81 bits per heavy atom. The molecule has 1 aliphatic carbocycles. The Labute approximate surface area is 191 Å². The molecule has 0 bridgehead atoms. The lowest BCUT2D eigenvalue weighted by Crippen LogP contribution is -2.38. The summed E-state index contributed by atoms with van der Waals surface area (Å²) in [5, 5.41) is 4.39. The number of ether oxygens (including phenoxy) is 1. The Bertz CT molecular complexity index is 1150. The number of nitrogens with one attached hydrogen (secondary N) is 1. The maximum absolute atomic E-state index is 12.9. The van der Waals surface area contributed by atoms with Gasteiger partial charge in [0.25, 0.3) is 5.91 Å². The molecule has 6 rings (SSSR count). The highest BCUT2D eigenvalue weighted by Crippen LogP contribution is 2.36. The number of hydrogen-bond donors (Lipinski definition) is 1. The van der Waals surface area contributed by atoms with Crippen molar-refractivity contribution >= 4 is 39.1 Å². The van der Waals surface area contributed by atoms with Gasteiger partial charge in [0.05, 0.1) is 13.2 Å². The second kappa shape index (κ2) is 8.33. The van der Waals surface area contributed by atoms with Gasteiger partial charge in [0.1, 0.15) is 11.5 Å². The van der Waals surface area contributed by atoms with E-state index in [1.165, 1.54) is 33.4 Å². The molecular weight excluding hydrogens is 422 g/mol. The highest BCUT2D eigenvalue weighted by Gasteiger charge is 2.26. The minimum atomic E-state index is -0.103. The van der Waals surface area contributed by atoms with E-state index in [9.17, 15) is 4.79 Å². The predicted molar refractivity (Wildman–Crippen MR) is 127 cm³/mol. The maximum atomic E-state index is 12.9.